The number of furan rings is 1. The maximum atomic E-state index is 12.5. The third kappa shape index (κ3) is 2.78. The van der Waals surface area contributed by atoms with Gasteiger partial charge in [-0.25, -0.2) is 4.98 Å². The summed E-state index contributed by atoms with van der Waals surface area (Å²) in [4.78, 5) is 22.4. The number of aryl methyl sites for hydroxylation is 1. The molecule has 4 rings (SSSR count). The molecule has 0 saturated carbocycles. The molecule has 0 unspecified atom stereocenters. The molecule has 2 aromatic heterocycles. The van der Waals surface area contributed by atoms with Gasteiger partial charge in [0.15, 0.2) is 0 Å². The van der Waals surface area contributed by atoms with Gasteiger partial charge in [-0.05, 0) is 18.6 Å². The number of fused-ring (bicyclic) bond motifs is 1. The molecule has 5 nitrogen and oxygen atoms in total. The summed E-state index contributed by atoms with van der Waals surface area (Å²) in [6.07, 6.45) is 2.40. The molecule has 3 aromatic rings. The SMILES string of the molecule is Cc1occc1-c1nc2c(c(=O)[nH]1)CN(Cc1ccccc1)CC2. The predicted octanol–water partition coefficient (Wildman–Crippen LogP) is 2.90. The lowest BCUT2D eigenvalue weighted by molar-refractivity contribution is 0.242. The van der Waals surface area contributed by atoms with E-state index in [9.17, 15) is 4.79 Å². The highest BCUT2D eigenvalue weighted by Gasteiger charge is 2.22. The number of H-pyrrole nitrogens is 1. The normalized spacial score (nSPS) is 14.5. The molecule has 1 N–H and O–H groups in total. The number of aromatic nitrogens is 2. The fourth-order valence-electron chi connectivity index (χ4n) is 3.22. The monoisotopic (exact) mass is 321 g/mol. The second-order valence-electron chi connectivity index (χ2n) is 6.18. The molecular formula is C19H19N3O2. The third-order valence-electron chi connectivity index (χ3n) is 4.51. The minimum atomic E-state index is -0.0478. The lowest BCUT2D eigenvalue weighted by Gasteiger charge is -2.27. The van der Waals surface area contributed by atoms with Gasteiger partial charge in [0.1, 0.15) is 11.6 Å². The van der Waals surface area contributed by atoms with Crippen LogP contribution in [-0.2, 0) is 19.5 Å². The second kappa shape index (κ2) is 6.09. The Morgan fingerprint density at radius 1 is 1.25 bits per heavy atom. The largest absolute Gasteiger partial charge is 0.469 e. The van der Waals surface area contributed by atoms with Crippen molar-refractivity contribution in [1.82, 2.24) is 14.9 Å². The summed E-state index contributed by atoms with van der Waals surface area (Å²) in [5, 5.41) is 0. The molecule has 0 spiro atoms. The van der Waals surface area contributed by atoms with Crippen molar-refractivity contribution in [2.45, 2.75) is 26.4 Å². The lowest BCUT2D eigenvalue weighted by atomic mass is 10.1. The first-order chi connectivity index (χ1) is 11.7. The van der Waals surface area contributed by atoms with E-state index in [1.165, 1.54) is 5.56 Å². The number of nitrogens with one attached hydrogen (secondary N) is 1. The number of rotatable bonds is 3. The van der Waals surface area contributed by atoms with Crippen LogP contribution in [-0.4, -0.2) is 21.4 Å². The van der Waals surface area contributed by atoms with E-state index in [-0.39, 0.29) is 5.56 Å². The minimum absolute atomic E-state index is 0.0478. The first-order valence-electron chi connectivity index (χ1n) is 8.13. The molecule has 122 valence electrons. The van der Waals surface area contributed by atoms with Crippen molar-refractivity contribution in [3.8, 4) is 11.4 Å². The van der Waals surface area contributed by atoms with Gasteiger partial charge < -0.3 is 9.40 Å². The van der Waals surface area contributed by atoms with Crippen LogP contribution in [0.2, 0.25) is 0 Å². The van der Waals surface area contributed by atoms with E-state index in [1.807, 2.05) is 31.2 Å². The van der Waals surface area contributed by atoms with E-state index in [1.54, 1.807) is 6.26 Å². The highest BCUT2D eigenvalue weighted by Crippen LogP contribution is 2.22. The van der Waals surface area contributed by atoms with Crippen molar-refractivity contribution >= 4 is 0 Å². The summed E-state index contributed by atoms with van der Waals surface area (Å²) in [6, 6.07) is 12.2. The Morgan fingerprint density at radius 3 is 2.83 bits per heavy atom. The quantitative estimate of drug-likeness (QED) is 0.806. The Labute approximate surface area is 140 Å². The number of hydrogen-bond acceptors (Lipinski definition) is 4. The Balaban J connectivity index is 1.61. The molecule has 0 aliphatic carbocycles. The lowest BCUT2D eigenvalue weighted by Crippen LogP contribution is -2.35. The molecule has 1 aromatic carbocycles. The summed E-state index contributed by atoms with van der Waals surface area (Å²) in [7, 11) is 0. The van der Waals surface area contributed by atoms with Gasteiger partial charge in [-0.3, -0.25) is 9.69 Å². The summed E-state index contributed by atoms with van der Waals surface area (Å²) in [6.45, 7) is 4.26. The molecule has 0 amide bonds. The first-order valence-corrected chi connectivity index (χ1v) is 8.13. The van der Waals surface area contributed by atoms with Crippen molar-refractivity contribution in [3.05, 3.63) is 75.6 Å². The molecule has 1 aliphatic heterocycles. The fraction of sp³-hybridized carbons (Fsp3) is 0.263. The van der Waals surface area contributed by atoms with Crippen LogP contribution in [0.3, 0.4) is 0 Å². The average Bonchev–Trinajstić information content (AvgIpc) is 3.02. The van der Waals surface area contributed by atoms with Crippen LogP contribution in [0.25, 0.3) is 11.4 Å². The van der Waals surface area contributed by atoms with Crippen molar-refractivity contribution < 1.29 is 4.42 Å². The zero-order valence-electron chi connectivity index (χ0n) is 13.6. The highest BCUT2D eigenvalue weighted by molar-refractivity contribution is 5.57. The van der Waals surface area contributed by atoms with Gasteiger partial charge in [0, 0.05) is 26.1 Å². The van der Waals surface area contributed by atoms with Gasteiger partial charge in [-0.1, -0.05) is 30.3 Å². The van der Waals surface area contributed by atoms with E-state index in [0.29, 0.717) is 12.4 Å². The summed E-state index contributed by atoms with van der Waals surface area (Å²) in [5.41, 5.74) is 3.74. The molecule has 24 heavy (non-hydrogen) atoms. The molecule has 0 saturated heterocycles. The van der Waals surface area contributed by atoms with Gasteiger partial charge in [0.2, 0.25) is 0 Å². The first kappa shape index (κ1) is 14.9. The van der Waals surface area contributed by atoms with Crippen molar-refractivity contribution in [2.75, 3.05) is 6.54 Å². The van der Waals surface area contributed by atoms with Gasteiger partial charge in [-0.2, -0.15) is 0 Å². The molecular weight excluding hydrogens is 302 g/mol. The Bertz CT molecular complexity index is 912. The summed E-state index contributed by atoms with van der Waals surface area (Å²) >= 11 is 0. The second-order valence-corrected chi connectivity index (χ2v) is 6.18. The van der Waals surface area contributed by atoms with Gasteiger partial charge in [0.25, 0.3) is 5.56 Å². The van der Waals surface area contributed by atoms with Crippen LogP contribution in [0, 0.1) is 6.92 Å². The summed E-state index contributed by atoms with van der Waals surface area (Å²) in [5.74, 6) is 1.36. The number of hydrogen-bond donors (Lipinski definition) is 1. The maximum absolute atomic E-state index is 12.5. The number of benzene rings is 1. The van der Waals surface area contributed by atoms with E-state index >= 15 is 0 Å². The Morgan fingerprint density at radius 2 is 2.08 bits per heavy atom. The van der Waals surface area contributed by atoms with E-state index in [0.717, 1.165) is 42.1 Å². The molecule has 0 atom stereocenters. The van der Waals surface area contributed by atoms with Crippen molar-refractivity contribution in [1.29, 1.82) is 0 Å². The Hall–Kier alpha value is -2.66. The van der Waals surface area contributed by atoms with Crippen LogP contribution in [0.5, 0.6) is 0 Å². The smallest absolute Gasteiger partial charge is 0.255 e. The fourth-order valence-corrected chi connectivity index (χ4v) is 3.22. The summed E-state index contributed by atoms with van der Waals surface area (Å²) < 4.78 is 5.32. The van der Waals surface area contributed by atoms with Crippen LogP contribution < -0.4 is 5.56 Å². The van der Waals surface area contributed by atoms with Crippen molar-refractivity contribution in [3.63, 3.8) is 0 Å². The van der Waals surface area contributed by atoms with Gasteiger partial charge >= 0.3 is 0 Å². The third-order valence-corrected chi connectivity index (χ3v) is 4.51. The van der Waals surface area contributed by atoms with Crippen LogP contribution in [0.1, 0.15) is 22.6 Å². The molecule has 3 heterocycles. The van der Waals surface area contributed by atoms with E-state index in [4.69, 9.17) is 4.42 Å². The zero-order chi connectivity index (χ0) is 16.5. The zero-order valence-corrected chi connectivity index (χ0v) is 13.6. The van der Waals surface area contributed by atoms with Crippen LogP contribution >= 0.6 is 0 Å². The molecule has 1 aliphatic rings. The average molecular weight is 321 g/mol. The molecule has 0 radical (unpaired) electrons. The van der Waals surface area contributed by atoms with Gasteiger partial charge in [0.05, 0.1) is 23.1 Å². The topological polar surface area (TPSA) is 62.1 Å². The maximum Gasteiger partial charge on any atom is 0.255 e. The number of aromatic amines is 1. The molecule has 0 fully saturated rings. The van der Waals surface area contributed by atoms with Crippen LogP contribution in [0.15, 0.2) is 51.9 Å². The van der Waals surface area contributed by atoms with Crippen LogP contribution in [0.4, 0.5) is 0 Å². The van der Waals surface area contributed by atoms with E-state index in [2.05, 4.69) is 27.0 Å². The standard InChI is InChI=1S/C19H19N3O2/c1-13-15(8-10-24-13)18-20-17-7-9-22(12-16(17)19(23)21-18)11-14-5-3-2-4-6-14/h2-6,8,10H,7,9,11-12H2,1H3,(H,20,21,23). The van der Waals surface area contributed by atoms with Gasteiger partial charge in [-0.15, -0.1) is 0 Å². The Kier molecular flexibility index (Phi) is 3.78. The number of nitrogens with zero attached hydrogens (tertiary/aromatic N) is 2. The highest BCUT2D eigenvalue weighted by atomic mass is 16.3. The van der Waals surface area contributed by atoms with E-state index < -0.39 is 0 Å². The predicted molar refractivity (Wildman–Crippen MR) is 91.6 cm³/mol. The molecule has 0 bridgehead atoms. The molecule has 5 heteroatoms. The minimum Gasteiger partial charge on any atom is -0.469 e. The van der Waals surface area contributed by atoms with Crippen molar-refractivity contribution in [2.24, 2.45) is 0 Å².